The van der Waals surface area contributed by atoms with Crippen molar-refractivity contribution < 1.29 is 0 Å². The van der Waals surface area contributed by atoms with Crippen molar-refractivity contribution in [3.63, 3.8) is 0 Å². The minimum atomic E-state index is 0.551. The first-order chi connectivity index (χ1) is 5.86. The van der Waals surface area contributed by atoms with Gasteiger partial charge in [0, 0.05) is 25.7 Å². The van der Waals surface area contributed by atoms with Crippen molar-refractivity contribution in [2.45, 2.75) is 6.04 Å². The molecule has 1 aromatic heterocycles. The first-order valence-electron chi connectivity index (χ1n) is 4.30. The summed E-state index contributed by atoms with van der Waals surface area (Å²) in [5.41, 5.74) is 1.44. The number of rotatable bonds is 1. The zero-order valence-electron chi connectivity index (χ0n) is 7.29. The largest absolute Gasteiger partial charge is 0.308 e. The number of likely N-dealkylation sites (N-methyl/N-ethyl adjacent to an activating group) is 1. The summed E-state index contributed by atoms with van der Waals surface area (Å²) in [6, 6.07) is 2.76. The molecular formula is C9H14N2S. The number of thiophene rings is 1. The molecule has 0 aromatic carbocycles. The Morgan fingerprint density at radius 3 is 3.25 bits per heavy atom. The first-order valence-corrected chi connectivity index (χ1v) is 5.24. The second-order valence-corrected chi connectivity index (χ2v) is 4.11. The van der Waals surface area contributed by atoms with E-state index in [4.69, 9.17) is 0 Å². The lowest BCUT2D eigenvalue weighted by Gasteiger charge is -2.30. The van der Waals surface area contributed by atoms with Gasteiger partial charge in [-0.1, -0.05) is 0 Å². The van der Waals surface area contributed by atoms with Crippen LogP contribution >= 0.6 is 11.3 Å². The number of nitrogens with zero attached hydrogens (tertiary/aromatic N) is 1. The van der Waals surface area contributed by atoms with Crippen LogP contribution in [0.25, 0.3) is 0 Å². The van der Waals surface area contributed by atoms with E-state index in [1.807, 2.05) is 0 Å². The SMILES string of the molecule is CN1CCNC(c2ccsc2)C1. The summed E-state index contributed by atoms with van der Waals surface area (Å²) in [5, 5.41) is 7.89. The Labute approximate surface area is 77.2 Å². The predicted molar refractivity (Wildman–Crippen MR) is 52.6 cm³/mol. The van der Waals surface area contributed by atoms with Crippen LogP contribution in [0.1, 0.15) is 11.6 Å². The van der Waals surface area contributed by atoms with Crippen LogP contribution in [-0.4, -0.2) is 31.6 Å². The fourth-order valence-electron chi connectivity index (χ4n) is 1.59. The molecule has 0 aliphatic carbocycles. The summed E-state index contributed by atoms with van der Waals surface area (Å²) in [5.74, 6) is 0. The average molecular weight is 182 g/mol. The van der Waals surface area contributed by atoms with Gasteiger partial charge in [0.25, 0.3) is 0 Å². The number of hydrogen-bond acceptors (Lipinski definition) is 3. The summed E-state index contributed by atoms with van der Waals surface area (Å²) in [7, 11) is 2.18. The molecule has 1 saturated heterocycles. The van der Waals surface area contributed by atoms with Crippen molar-refractivity contribution in [1.29, 1.82) is 0 Å². The van der Waals surface area contributed by atoms with Gasteiger partial charge in [-0.25, -0.2) is 0 Å². The van der Waals surface area contributed by atoms with Gasteiger partial charge in [0.05, 0.1) is 0 Å². The summed E-state index contributed by atoms with van der Waals surface area (Å²) >= 11 is 1.78. The van der Waals surface area contributed by atoms with Gasteiger partial charge in [-0.05, 0) is 29.4 Å². The number of nitrogens with one attached hydrogen (secondary N) is 1. The molecule has 0 radical (unpaired) electrons. The van der Waals surface area contributed by atoms with Crippen molar-refractivity contribution in [2.24, 2.45) is 0 Å². The maximum atomic E-state index is 3.52. The van der Waals surface area contributed by atoms with Crippen LogP contribution in [0.3, 0.4) is 0 Å². The lowest BCUT2D eigenvalue weighted by Crippen LogP contribution is -2.43. The molecule has 1 N–H and O–H groups in total. The Morgan fingerprint density at radius 1 is 1.67 bits per heavy atom. The van der Waals surface area contributed by atoms with Gasteiger partial charge >= 0.3 is 0 Å². The van der Waals surface area contributed by atoms with E-state index >= 15 is 0 Å². The molecule has 0 bridgehead atoms. The normalized spacial score (nSPS) is 25.9. The van der Waals surface area contributed by atoms with E-state index in [0.717, 1.165) is 13.1 Å². The van der Waals surface area contributed by atoms with Gasteiger partial charge in [-0.2, -0.15) is 11.3 Å². The lowest BCUT2D eigenvalue weighted by atomic mass is 10.1. The van der Waals surface area contributed by atoms with Crippen molar-refractivity contribution in [3.8, 4) is 0 Å². The van der Waals surface area contributed by atoms with Crippen molar-refractivity contribution >= 4 is 11.3 Å². The van der Waals surface area contributed by atoms with Crippen molar-refractivity contribution in [3.05, 3.63) is 22.4 Å². The van der Waals surface area contributed by atoms with Gasteiger partial charge in [0.2, 0.25) is 0 Å². The van der Waals surface area contributed by atoms with E-state index < -0.39 is 0 Å². The van der Waals surface area contributed by atoms with Crippen LogP contribution < -0.4 is 5.32 Å². The molecule has 0 saturated carbocycles. The average Bonchev–Trinajstić information content (AvgIpc) is 2.56. The van der Waals surface area contributed by atoms with Gasteiger partial charge in [-0.15, -0.1) is 0 Å². The molecular weight excluding hydrogens is 168 g/mol. The van der Waals surface area contributed by atoms with Crippen LogP contribution in [0.4, 0.5) is 0 Å². The van der Waals surface area contributed by atoms with Crippen LogP contribution in [0, 0.1) is 0 Å². The van der Waals surface area contributed by atoms with E-state index in [0.29, 0.717) is 6.04 Å². The molecule has 66 valence electrons. The summed E-state index contributed by atoms with van der Waals surface area (Å²) in [6.45, 7) is 3.41. The van der Waals surface area contributed by atoms with Crippen LogP contribution in [0.15, 0.2) is 16.8 Å². The molecule has 2 rings (SSSR count). The zero-order valence-corrected chi connectivity index (χ0v) is 8.10. The zero-order chi connectivity index (χ0) is 8.39. The number of hydrogen-bond donors (Lipinski definition) is 1. The minimum Gasteiger partial charge on any atom is -0.308 e. The predicted octanol–water partition coefficient (Wildman–Crippen LogP) is 1.32. The van der Waals surface area contributed by atoms with E-state index in [-0.39, 0.29) is 0 Å². The molecule has 12 heavy (non-hydrogen) atoms. The second kappa shape index (κ2) is 3.56. The highest BCUT2D eigenvalue weighted by Gasteiger charge is 2.17. The summed E-state index contributed by atoms with van der Waals surface area (Å²) in [6.07, 6.45) is 0. The number of piperazine rings is 1. The van der Waals surface area contributed by atoms with Crippen LogP contribution in [0.5, 0.6) is 0 Å². The maximum Gasteiger partial charge on any atom is 0.0457 e. The lowest BCUT2D eigenvalue weighted by molar-refractivity contribution is 0.241. The Kier molecular flexibility index (Phi) is 2.44. The van der Waals surface area contributed by atoms with E-state index in [1.54, 1.807) is 11.3 Å². The first kappa shape index (κ1) is 8.23. The quantitative estimate of drug-likeness (QED) is 0.705. The Morgan fingerprint density at radius 2 is 2.58 bits per heavy atom. The highest BCUT2D eigenvalue weighted by molar-refractivity contribution is 7.07. The van der Waals surface area contributed by atoms with E-state index in [1.165, 1.54) is 12.1 Å². The third-order valence-corrected chi connectivity index (χ3v) is 3.03. The fraction of sp³-hybridized carbons (Fsp3) is 0.556. The third kappa shape index (κ3) is 1.68. The molecule has 1 atom stereocenters. The molecule has 1 unspecified atom stereocenters. The molecule has 0 amide bonds. The Bertz CT molecular complexity index is 233. The second-order valence-electron chi connectivity index (χ2n) is 3.33. The van der Waals surface area contributed by atoms with Gasteiger partial charge in [-0.3, -0.25) is 0 Å². The molecule has 1 aliphatic rings. The van der Waals surface area contributed by atoms with Crippen LogP contribution in [-0.2, 0) is 0 Å². The maximum absolute atomic E-state index is 3.52. The minimum absolute atomic E-state index is 0.551. The standard InChI is InChI=1S/C9H14N2S/c1-11-4-3-10-9(6-11)8-2-5-12-7-8/h2,5,7,9-10H,3-4,6H2,1H3. The molecule has 1 fully saturated rings. The third-order valence-electron chi connectivity index (χ3n) is 2.32. The fourth-order valence-corrected chi connectivity index (χ4v) is 2.31. The molecule has 2 nitrogen and oxygen atoms in total. The molecule has 2 heterocycles. The van der Waals surface area contributed by atoms with E-state index in [9.17, 15) is 0 Å². The molecule has 1 aliphatic heterocycles. The molecule has 1 aromatic rings. The van der Waals surface area contributed by atoms with Gasteiger partial charge < -0.3 is 10.2 Å². The Hall–Kier alpha value is -0.380. The summed E-state index contributed by atoms with van der Waals surface area (Å²) < 4.78 is 0. The monoisotopic (exact) mass is 182 g/mol. The highest BCUT2D eigenvalue weighted by atomic mass is 32.1. The molecule has 3 heteroatoms. The highest BCUT2D eigenvalue weighted by Crippen LogP contribution is 2.18. The van der Waals surface area contributed by atoms with Crippen molar-refractivity contribution in [1.82, 2.24) is 10.2 Å². The van der Waals surface area contributed by atoms with Gasteiger partial charge in [0.15, 0.2) is 0 Å². The van der Waals surface area contributed by atoms with Crippen molar-refractivity contribution in [2.75, 3.05) is 26.7 Å². The van der Waals surface area contributed by atoms with Crippen LogP contribution in [0.2, 0.25) is 0 Å². The van der Waals surface area contributed by atoms with E-state index in [2.05, 4.69) is 34.1 Å². The summed E-state index contributed by atoms with van der Waals surface area (Å²) in [4.78, 5) is 2.37. The Balaban J connectivity index is 2.04. The topological polar surface area (TPSA) is 15.3 Å². The van der Waals surface area contributed by atoms with Gasteiger partial charge in [0.1, 0.15) is 0 Å². The molecule has 0 spiro atoms. The smallest absolute Gasteiger partial charge is 0.0457 e.